The SMILES string of the molecule is Cc1nc(N(C)C)c2ncn([C@@H]3O[C@](CCl)(CO[P@](=S)(N[C@@H](C)C(=O)OC(C)C)Oc4cccc5ccccc45)[C@@H](O)[C@@H]3F)c2n1. The number of nitrogens with one attached hydrogen (secondary N) is 1. The highest BCUT2D eigenvalue weighted by Crippen LogP contribution is 2.50. The fourth-order valence-electron chi connectivity index (χ4n) is 5.12. The normalized spacial score (nSPS) is 23.5. The molecule has 1 saturated heterocycles. The first-order chi connectivity index (χ1) is 21.8. The van der Waals surface area contributed by atoms with Crippen molar-refractivity contribution in [2.24, 2.45) is 0 Å². The number of benzene rings is 2. The number of halogens is 2. The lowest BCUT2D eigenvalue weighted by atomic mass is 9.99. The molecule has 4 aromatic rings. The van der Waals surface area contributed by atoms with E-state index in [1.54, 1.807) is 44.7 Å². The van der Waals surface area contributed by atoms with Gasteiger partial charge in [0.05, 0.1) is 24.9 Å². The number of aryl methyl sites for hydroxylation is 1. The van der Waals surface area contributed by atoms with Crippen molar-refractivity contribution < 1.29 is 32.8 Å². The van der Waals surface area contributed by atoms with Crippen LogP contribution in [0.3, 0.4) is 0 Å². The van der Waals surface area contributed by atoms with Crippen molar-refractivity contribution in [2.45, 2.75) is 63.9 Å². The second-order valence-electron chi connectivity index (χ2n) is 11.6. The number of hydrogen-bond acceptors (Lipinski definition) is 11. The molecule has 6 atom stereocenters. The molecule has 2 aromatic carbocycles. The van der Waals surface area contributed by atoms with Crippen LogP contribution in [0.15, 0.2) is 48.8 Å². The van der Waals surface area contributed by atoms with Gasteiger partial charge in [0.15, 0.2) is 29.4 Å². The predicted molar refractivity (Wildman–Crippen MR) is 178 cm³/mol. The fraction of sp³-hybridized carbons (Fsp3) is 0.467. The molecule has 46 heavy (non-hydrogen) atoms. The minimum atomic E-state index is -3.63. The molecule has 0 spiro atoms. The number of alkyl halides is 2. The number of aliphatic hydroxyl groups is 1. The number of esters is 1. The third-order valence-electron chi connectivity index (χ3n) is 7.41. The number of fused-ring (bicyclic) bond motifs is 2. The fourth-order valence-corrected chi connectivity index (χ4v) is 7.86. The second kappa shape index (κ2) is 13.6. The van der Waals surface area contributed by atoms with Crippen LogP contribution in [0.1, 0.15) is 32.8 Å². The average molecular weight is 695 g/mol. The lowest BCUT2D eigenvalue weighted by Gasteiger charge is -2.33. The van der Waals surface area contributed by atoms with E-state index in [0.717, 1.165) is 10.8 Å². The second-order valence-corrected chi connectivity index (χ2v) is 15.0. The lowest BCUT2D eigenvalue weighted by molar-refractivity contribution is -0.149. The lowest BCUT2D eigenvalue weighted by Crippen LogP contribution is -2.48. The molecular formula is C30H37ClFN6O6PS. The van der Waals surface area contributed by atoms with E-state index in [-0.39, 0.29) is 12.0 Å². The molecule has 3 heterocycles. The minimum Gasteiger partial charge on any atom is -0.462 e. The summed E-state index contributed by atoms with van der Waals surface area (Å²) in [4.78, 5) is 27.8. The zero-order valence-corrected chi connectivity index (χ0v) is 28.7. The Bertz CT molecular complexity index is 1780. The van der Waals surface area contributed by atoms with Gasteiger partial charge in [-0.2, -0.15) is 0 Å². The molecule has 1 aliphatic rings. The van der Waals surface area contributed by atoms with E-state index < -0.39 is 49.4 Å². The predicted octanol–water partition coefficient (Wildman–Crippen LogP) is 4.81. The van der Waals surface area contributed by atoms with E-state index in [9.17, 15) is 9.90 Å². The van der Waals surface area contributed by atoms with Crippen molar-refractivity contribution in [3.05, 3.63) is 54.6 Å². The molecule has 0 amide bonds. The van der Waals surface area contributed by atoms with Crippen molar-refractivity contribution in [1.82, 2.24) is 24.6 Å². The van der Waals surface area contributed by atoms with E-state index in [1.165, 1.54) is 10.9 Å². The van der Waals surface area contributed by atoms with Gasteiger partial charge >= 0.3 is 12.6 Å². The molecule has 0 saturated carbocycles. The first-order valence-electron chi connectivity index (χ1n) is 14.6. The summed E-state index contributed by atoms with van der Waals surface area (Å²) in [5.41, 5.74) is -0.999. The van der Waals surface area contributed by atoms with Crippen molar-refractivity contribution in [3.8, 4) is 5.75 Å². The van der Waals surface area contributed by atoms with Gasteiger partial charge in [0, 0.05) is 19.5 Å². The van der Waals surface area contributed by atoms with Crippen LogP contribution in [-0.4, -0.2) is 87.2 Å². The molecule has 16 heteroatoms. The number of carbonyl (C=O) groups is 1. The number of nitrogens with zero attached hydrogens (tertiary/aromatic N) is 5. The van der Waals surface area contributed by atoms with Gasteiger partial charge in [-0.25, -0.2) is 24.4 Å². The van der Waals surface area contributed by atoms with Crippen molar-refractivity contribution in [1.29, 1.82) is 0 Å². The van der Waals surface area contributed by atoms with Crippen LogP contribution in [-0.2, 0) is 30.6 Å². The Balaban J connectivity index is 1.46. The monoisotopic (exact) mass is 694 g/mol. The van der Waals surface area contributed by atoms with Gasteiger partial charge in [-0.3, -0.25) is 9.36 Å². The van der Waals surface area contributed by atoms with E-state index in [2.05, 4.69) is 20.0 Å². The third-order valence-corrected chi connectivity index (χ3v) is 10.3. The highest BCUT2D eigenvalue weighted by atomic mass is 35.5. The van der Waals surface area contributed by atoms with E-state index >= 15 is 4.39 Å². The van der Waals surface area contributed by atoms with E-state index in [4.69, 9.17) is 41.9 Å². The van der Waals surface area contributed by atoms with Crippen molar-refractivity contribution in [2.75, 3.05) is 31.5 Å². The molecule has 0 aliphatic carbocycles. The summed E-state index contributed by atoms with van der Waals surface area (Å²) in [7, 11) is 3.62. The first kappa shape index (κ1) is 34.4. The maximum Gasteiger partial charge on any atom is 0.323 e. The van der Waals surface area contributed by atoms with Crippen LogP contribution in [0.2, 0.25) is 0 Å². The first-order valence-corrected chi connectivity index (χ1v) is 17.8. The summed E-state index contributed by atoms with van der Waals surface area (Å²) in [5.74, 6) is 0.474. The average Bonchev–Trinajstić information content (AvgIpc) is 3.53. The standard InChI is InChI=1S/C30H37ClFN6O6PS/c1-17(2)42-29(40)18(3)36-45(46,44-22-13-9-11-20-10-7-8-12-21(20)22)41-15-30(14-31)25(39)23(32)28(43-30)38-16-33-24-26(37(5)6)34-19(4)35-27(24)38/h7-13,16-18,23,25,28,39H,14-15H2,1-6H3,(H,36,46)/t18-,23-,25-,28+,30+,45+/m0/s1. The molecule has 2 N–H and O–H groups in total. The van der Waals surface area contributed by atoms with Crippen LogP contribution in [0, 0.1) is 6.92 Å². The summed E-state index contributed by atoms with van der Waals surface area (Å²) in [6.45, 7) is 2.64. The summed E-state index contributed by atoms with van der Waals surface area (Å²) >= 11 is 12.3. The number of aliphatic hydroxyl groups excluding tert-OH is 1. The molecule has 1 aliphatic heterocycles. The zero-order valence-electron chi connectivity index (χ0n) is 26.3. The van der Waals surface area contributed by atoms with Crippen molar-refractivity contribution >= 4 is 63.8 Å². The summed E-state index contributed by atoms with van der Waals surface area (Å²) in [5, 5.41) is 15.9. The highest BCUT2D eigenvalue weighted by molar-refractivity contribution is 8.09. The van der Waals surface area contributed by atoms with E-state index in [0.29, 0.717) is 28.6 Å². The number of anilines is 1. The number of imidazole rings is 1. The molecule has 0 bridgehead atoms. The van der Waals surface area contributed by atoms with Gasteiger partial charge < -0.3 is 28.5 Å². The summed E-state index contributed by atoms with van der Waals surface area (Å²) < 4.78 is 41.5. The molecule has 248 valence electrons. The minimum absolute atomic E-state index is 0.325. The van der Waals surface area contributed by atoms with Gasteiger partial charge in [0.2, 0.25) is 0 Å². The summed E-state index contributed by atoms with van der Waals surface area (Å²) in [6, 6.07) is 12.1. The molecule has 2 aromatic heterocycles. The van der Waals surface area contributed by atoms with Crippen LogP contribution in [0.4, 0.5) is 10.2 Å². The number of ether oxygens (including phenoxy) is 2. The van der Waals surface area contributed by atoms with Crippen LogP contribution in [0.5, 0.6) is 5.75 Å². The molecule has 5 rings (SSSR count). The Morgan fingerprint density at radius 3 is 2.65 bits per heavy atom. The van der Waals surface area contributed by atoms with Crippen LogP contribution < -0.4 is 14.5 Å². The van der Waals surface area contributed by atoms with Gasteiger partial charge in [0.1, 0.15) is 29.3 Å². The highest BCUT2D eigenvalue weighted by Gasteiger charge is 2.57. The molecular weight excluding hydrogens is 658 g/mol. The Hall–Kier alpha value is -2.97. The third kappa shape index (κ3) is 6.84. The van der Waals surface area contributed by atoms with Gasteiger partial charge in [-0.1, -0.05) is 36.4 Å². The van der Waals surface area contributed by atoms with Gasteiger partial charge in [-0.15, -0.1) is 11.6 Å². The maximum absolute atomic E-state index is 16.0. The maximum atomic E-state index is 16.0. The number of carbonyl (C=O) groups excluding carboxylic acids is 1. The topological polar surface area (TPSA) is 133 Å². The van der Waals surface area contributed by atoms with Crippen LogP contribution >= 0.6 is 18.2 Å². The Morgan fingerprint density at radius 1 is 1.24 bits per heavy atom. The quantitative estimate of drug-likeness (QED) is 0.120. The Kier molecular flexibility index (Phi) is 10.2. The zero-order chi connectivity index (χ0) is 33.4. The molecule has 0 unspecified atom stereocenters. The smallest absolute Gasteiger partial charge is 0.323 e. The molecule has 12 nitrogen and oxygen atoms in total. The van der Waals surface area contributed by atoms with Crippen LogP contribution in [0.25, 0.3) is 21.9 Å². The van der Waals surface area contributed by atoms with E-state index in [1.807, 2.05) is 44.4 Å². The van der Waals surface area contributed by atoms with Crippen molar-refractivity contribution in [3.63, 3.8) is 0 Å². The number of aromatic nitrogens is 4. The van der Waals surface area contributed by atoms with Gasteiger partial charge in [0.25, 0.3) is 0 Å². The molecule has 0 radical (unpaired) electrons. The molecule has 1 fully saturated rings. The summed E-state index contributed by atoms with van der Waals surface area (Å²) in [6.07, 6.45) is -4.00. The van der Waals surface area contributed by atoms with Gasteiger partial charge in [-0.05, 0) is 51.0 Å². The Labute approximate surface area is 276 Å². The number of rotatable bonds is 12. The number of hydrogen-bond donors (Lipinski definition) is 2. The Morgan fingerprint density at radius 2 is 1.96 bits per heavy atom. The largest absolute Gasteiger partial charge is 0.462 e.